The summed E-state index contributed by atoms with van der Waals surface area (Å²) in [5, 5.41) is 17.7. The van der Waals surface area contributed by atoms with E-state index >= 15 is 0 Å². The zero-order valence-electron chi connectivity index (χ0n) is 18.3. The summed E-state index contributed by atoms with van der Waals surface area (Å²) >= 11 is 11.6. The van der Waals surface area contributed by atoms with Crippen molar-refractivity contribution in [1.82, 2.24) is 21.3 Å². The predicted octanol–water partition coefficient (Wildman–Crippen LogP) is -5.12. The summed E-state index contributed by atoms with van der Waals surface area (Å²) in [6, 6.07) is -7.03. The minimum absolute atomic E-state index is 0.0152. The Balaban J connectivity index is 5.62. The number of nitrogens with two attached hydrogens (primary N) is 3. The molecule has 0 radical (unpaired) electrons. The monoisotopic (exact) mass is 555 g/mol. The molecule has 0 unspecified atom stereocenters. The topological polar surface area (TPSA) is 266 Å². The van der Waals surface area contributed by atoms with Crippen LogP contribution in [0.25, 0.3) is 0 Å². The SMILES string of the molecule is NC(=O)C[C@H](NC(=O)[C@H](CC(N)=O)NC(=O)[C@H](CS)NC(=O)[C@@H](N)CS)C(=O)N[C@@H](CS)C(=O)O. The van der Waals surface area contributed by atoms with E-state index < -0.39 is 84.5 Å². The number of amides is 6. The third-order valence-electron chi connectivity index (χ3n) is 4.22. The van der Waals surface area contributed by atoms with Crippen LogP contribution in [0.2, 0.25) is 0 Å². The lowest BCUT2D eigenvalue weighted by molar-refractivity contribution is -0.142. The van der Waals surface area contributed by atoms with Crippen LogP contribution in [-0.2, 0) is 33.6 Å². The van der Waals surface area contributed by atoms with E-state index in [0.29, 0.717) is 0 Å². The fourth-order valence-electron chi connectivity index (χ4n) is 2.38. The zero-order valence-corrected chi connectivity index (χ0v) is 21.0. The Morgan fingerprint density at radius 2 is 0.943 bits per heavy atom. The van der Waals surface area contributed by atoms with Gasteiger partial charge in [0.25, 0.3) is 0 Å². The highest BCUT2D eigenvalue weighted by Gasteiger charge is 2.32. The van der Waals surface area contributed by atoms with Crippen molar-refractivity contribution in [3.05, 3.63) is 0 Å². The van der Waals surface area contributed by atoms with Gasteiger partial charge in [0, 0.05) is 17.3 Å². The van der Waals surface area contributed by atoms with Crippen molar-refractivity contribution in [3.63, 3.8) is 0 Å². The van der Waals surface area contributed by atoms with Crippen molar-refractivity contribution in [2.45, 2.75) is 43.1 Å². The number of primary amides is 2. The molecule has 0 bridgehead atoms. The second-order valence-electron chi connectivity index (χ2n) is 7.08. The third kappa shape index (κ3) is 12.0. The Morgan fingerprint density at radius 1 is 0.600 bits per heavy atom. The molecule has 15 nitrogen and oxygen atoms in total. The molecule has 0 heterocycles. The van der Waals surface area contributed by atoms with Gasteiger partial charge in [-0.3, -0.25) is 28.8 Å². The van der Waals surface area contributed by atoms with Crippen LogP contribution in [0.4, 0.5) is 0 Å². The maximum Gasteiger partial charge on any atom is 0.327 e. The van der Waals surface area contributed by atoms with Crippen LogP contribution >= 0.6 is 37.9 Å². The van der Waals surface area contributed by atoms with Crippen molar-refractivity contribution in [3.8, 4) is 0 Å². The molecule has 0 aliphatic rings. The van der Waals surface area contributed by atoms with E-state index in [4.69, 9.17) is 22.3 Å². The molecule has 0 aliphatic heterocycles. The third-order valence-corrected chi connectivity index (χ3v) is 5.35. The van der Waals surface area contributed by atoms with Gasteiger partial charge in [0.1, 0.15) is 24.2 Å². The van der Waals surface area contributed by atoms with Gasteiger partial charge in [-0.2, -0.15) is 37.9 Å². The van der Waals surface area contributed by atoms with Crippen LogP contribution in [-0.4, -0.2) is 94.0 Å². The average molecular weight is 556 g/mol. The molecule has 18 heteroatoms. The molecule has 0 fully saturated rings. The molecule has 0 saturated heterocycles. The minimum Gasteiger partial charge on any atom is -0.480 e. The predicted molar refractivity (Wildman–Crippen MR) is 133 cm³/mol. The lowest BCUT2D eigenvalue weighted by atomic mass is 10.1. The van der Waals surface area contributed by atoms with Gasteiger partial charge < -0.3 is 43.6 Å². The molecule has 0 aromatic rings. The Labute approximate surface area is 216 Å². The molecular weight excluding hydrogens is 526 g/mol. The fourth-order valence-corrected chi connectivity index (χ4v) is 3.05. The van der Waals surface area contributed by atoms with Gasteiger partial charge in [-0.25, -0.2) is 4.79 Å². The number of carbonyl (C=O) groups excluding carboxylic acids is 6. The summed E-state index contributed by atoms with van der Waals surface area (Å²) in [6.07, 6.45) is -1.45. The van der Waals surface area contributed by atoms with Crippen LogP contribution in [0.5, 0.6) is 0 Å². The standard InChI is InChI=1S/C17H29N7O8S3/c18-6(3-33)13(27)23-9(4-34)16(30)22-7(1-11(19)25)14(28)21-8(2-12(20)26)15(29)24-10(5-35)17(31)32/h6-10,33-35H,1-5,18H2,(H2,19,25)(H2,20,26)(H,21,28)(H,22,30)(H,23,27)(H,24,29)(H,31,32)/t6-,7-,8-,9-,10-/m0/s1. The number of carboxylic acid groups (broad SMARTS) is 1. The molecule has 198 valence electrons. The highest BCUT2D eigenvalue weighted by Crippen LogP contribution is 2.01. The first kappa shape index (κ1) is 32.3. The number of thiol groups is 3. The number of carbonyl (C=O) groups is 7. The number of carboxylic acids is 1. The molecule has 0 aromatic heterocycles. The van der Waals surface area contributed by atoms with Gasteiger partial charge >= 0.3 is 5.97 Å². The summed E-state index contributed by atoms with van der Waals surface area (Å²) in [5.74, 6) is -7.83. The first-order chi connectivity index (χ1) is 16.3. The molecule has 35 heavy (non-hydrogen) atoms. The van der Waals surface area contributed by atoms with Crippen molar-refractivity contribution >= 4 is 79.3 Å². The first-order valence-electron chi connectivity index (χ1n) is 9.86. The summed E-state index contributed by atoms with van der Waals surface area (Å²) in [6.45, 7) is 0. The highest BCUT2D eigenvalue weighted by atomic mass is 32.1. The lowest BCUT2D eigenvalue weighted by Gasteiger charge is -2.25. The molecule has 11 N–H and O–H groups in total. The van der Waals surface area contributed by atoms with Crippen molar-refractivity contribution in [1.29, 1.82) is 0 Å². The molecule has 0 spiro atoms. The fraction of sp³-hybridized carbons (Fsp3) is 0.588. The number of aliphatic carboxylic acids is 1. The van der Waals surface area contributed by atoms with Crippen LogP contribution in [0.3, 0.4) is 0 Å². The second kappa shape index (κ2) is 16.1. The molecule has 0 rings (SSSR count). The number of hydrogen-bond acceptors (Lipinski definition) is 11. The number of hydrogen-bond donors (Lipinski definition) is 11. The number of nitrogens with one attached hydrogen (secondary N) is 4. The molecule has 0 saturated carbocycles. The molecule has 6 amide bonds. The van der Waals surface area contributed by atoms with E-state index in [-0.39, 0.29) is 17.3 Å². The van der Waals surface area contributed by atoms with E-state index in [9.17, 15) is 33.6 Å². The van der Waals surface area contributed by atoms with Crippen LogP contribution in [0.15, 0.2) is 0 Å². The van der Waals surface area contributed by atoms with Crippen LogP contribution < -0.4 is 38.5 Å². The Kier molecular flexibility index (Phi) is 14.8. The minimum atomic E-state index is -1.65. The Morgan fingerprint density at radius 3 is 1.26 bits per heavy atom. The molecule has 0 aromatic carbocycles. The van der Waals surface area contributed by atoms with Crippen molar-refractivity contribution in [2.75, 3.05) is 17.3 Å². The van der Waals surface area contributed by atoms with Gasteiger partial charge in [0.05, 0.1) is 18.9 Å². The normalized spacial score (nSPS) is 14.9. The highest BCUT2D eigenvalue weighted by molar-refractivity contribution is 7.80. The molecule has 5 atom stereocenters. The number of rotatable bonds is 16. The van der Waals surface area contributed by atoms with Gasteiger partial charge in [0.15, 0.2) is 0 Å². The van der Waals surface area contributed by atoms with E-state index in [0.717, 1.165) is 0 Å². The maximum absolute atomic E-state index is 12.8. The molecule has 0 aliphatic carbocycles. The van der Waals surface area contributed by atoms with Crippen LogP contribution in [0.1, 0.15) is 12.8 Å². The quantitative estimate of drug-likeness (QED) is 0.0812. The summed E-state index contributed by atoms with van der Waals surface area (Å²) in [4.78, 5) is 83.7. The van der Waals surface area contributed by atoms with Gasteiger partial charge in [-0.1, -0.05) is 0 Å². The van der Waals surface area contributed by atoms with Gasteiger partial charge in [-0.15, -0.1) is 0 Å². The Bertz CT molecular complexity index is 831. The summed E-state index contributed by atoms with van der Waals surface area (Å²) in [7, 11) is 0. The average Bonchev–Trinajstić information content (AvgIpc) is 2.77. The summed E-state index contributed by atoms with van der Waals surface area (Å²) < 4.78 is 0. The molecular formula is C17H29N7O8S3. The maximum atomic E-state index is 12.8. The van der Waals surface area contributed by atoms with Crippen molar-refractivity contribution in [2.24, 2.45) is 17.2 Å². The van der Waals surface area contributed by atoms with E-state index in [1.165, 1.54) is 0 Å². The van der Waals surface area contributed by atoms with Crippen LogP contribution in [0, 0.1) is 0 Å². The zero-order chi connectivity index (χ0) is 27.3. The van der Waals surface area contributed by atoms with E-state index in [1.54, 1.807) is 0 Å². The van der Waals surface area contributed by atoms with Crippen molar-refractivity contribution < 1.29 is 38.7 Å². The smallest absolute Gasteiger partial charge is 0.327 e. The van der Waals surface area contributed by atoms with E-state index in [2.05, 4.69) is 59.2 Å². The Hall–Kier alpha value is -2.70. The van der Waals surface area contributed by atoms with Gasteiger partial charge in [0.2, 0.25) is 35.4 Å². The first-order valence-corrected chi connectivity index (χ1v) is 11.8. The lowest BCUT2D eigenvalue weighted by Crippen LogP contribution is -2.60. The largest absolute Gasteiger partial charge is 0.480 e. The summed E-state index contributed by atoms with van der Waals surface area (Å²) in [5.41, 5.74) is 15.8. The second-order valence-corrected chi connectivity index (χ2v) is 8.17. The van der Waals surface area contributed by atoms with Gasteiger partial charge in [-0.05, 0) is 0 Å². The van der Waals surface area contributed by atoms with E-state index in [1.807, 2.05) is 0 Å².